The molecule has 1 fully saturated rings. The van der Waals surface area contributed by atoms with E-state index >= 15 is 0 Å². The summed E-state index contributed by atoms with van der Waals surface area (Å²) in [5.74, 6) is 0.969. The second kappa shape index (κ2) is 7.48. The first-order valence-electron chi connectivity index (χ1n) is 7.01. The molecule has 0 bridgehead atoms. The highest BCUT2D eigenvalue weighted by molar-refractivity contribution is 5.36. The number of rotatable bonds is 6. The molecule has 1 aromatic rings. The van der Waals surface area contributed by atoms with E-state index in [0.717, 1.165) is 51.4 Å². The molecule has 1 saturated heterocycles. The van der Waals surface area contributed by atoms with Crippen LogP contribution in [0.25, 0.3) is 0 Å². The van der Waals surface area contributed by atoms with Crippen LogP contribution in [0, 0.1) is 0 Å². The van der Waals surface area contributed by atoms with Gasteiger partial charge in [0.1, 0.15) is 5.75 Å². The minimum atomic E-state index is 0.378. The molecule has 1 aromatic carbocycles. The maximum atomic E-state index is 5.68. The van der Waals surface area contributed by atoms with E-state index in [1.54, 1.807) is 7.11 Å². The fourth-order valence-corrected chi connectivity index (χ4v) is 2.68. The first kappa shape index (κ1) is 14.3. The van der Waals surface area contributed by atoms with Crippen molar-refractivity contribution in [1.29, 1.82) is 0 Å². The fraction of sp³-hybridized carbons (Fsp3) is 0.600. The van der Waals surface area contributed by atoms with Crippen LogP contribution in [0.5, 0.6) is 5.75 Å². The van der Waals surface area contributed by atoms with Crippen molar-refractivity contribution < 1.29 is 9.47 Å². The van der Waals surface area contributed by atoms with Crippen molar-refractivity contribution in [2.75, 3.05) is 40.0 Å². The average molecular weight is 264 g/mol. The van der Waals surface area contributed by atoms with Gasteiger partial charge in [-0.05, 0) is 25.5 Å². The van der Waals surface area contributed by atoms with Crippen molar-refractivity contribution >= 4 is 0 Å². The normalized spacial score (nSPS) is 18.2. The van der Waals surface area contributed by atoms with Gasteiger partial charge >= 0.3 is 0 Å². The molecule has 1 atom stereocenters. The molecule has 106 valence electrons. The SMILES string of the molecule is COc1ccccc1C(CCCN)N1CCOCC1. The summed E-state index contributed by atoms with van der Waals surface area (Å²) in [6.07, 6.45) is 2.09. The molecule has 1 heterocycles. The van der Waals surface area contributed by atoms with Crippen LogP contribution in [0.2, 0.25) is 0 Å². The van der Waals surface area contributed by atoms with Gasteiger partial charge in [-0.15, -0.1) is 0 Å². The number of ether oxygens (including phenoxy) is 2. The summed E-state index contributed by atoms with van der Waals surface area (Å²) in [5, 5.41) is 0. The molecule has 1 unspecified atom stereocenters. The van der Waals surface area contributed by atoms with Crippen molar-refractivity contribution in [3.05, 3.63) is 29.8 Å². The quantitative estimate of drug-likeness (QED) is 0.851. The molecule has 0 spiro atoms. The van der Waals surface area contributed by atoms with E-state index in [4.69, 9.17) is 15.2 Å². The van der Waals surface area contributed by atoms with Crippen LogP contribution in [-0.2, 0) is 4.74 Å². The fourth-order valence-electron chi connectivity index (χ4n) is 2.68. The first-order chi connectivity index (χ1) is 9.36. The highest BCUT2D eigenvalue weighted by Crippen LogP contribution is 2.32. The van der Waals surface area contributed by atoms with Crippen molar-refractivity contribution in [3.8, 4) is 5.75 Å². The van der Waals surface area contributed by atoms with Crippen LogP contribution < -0.4 is 10.5 Å². The standard InChI is InChI=1S/C15H24N2O2/c1-18-15-7-3-2-5-13(15)14(6-4-8-16)17-9-11-19-12-10-17/h2-3,5,7,14H,4,6,8-12,16H2,1H3. The average Bonchev–Trinajstić information content (AvgIpc) is 2.49. The molecule has 19 heavy (non-hydrogen) atoms. The molecular weight excluding hydrogens is 240 g/mol. The Morgan fingerprint density at radius 2 is 2.05 bits per heavy atom. The summed E-state index contributed by atoms with van der Waals surface area (Å²) in [5.41, 5.74) is 6.94. The van der Waals surface area contributed by atoms with Gasteiger partial charge in [0.2, 0.25) is 0 Å². The number of para-hydroxylation sites is 1. The molecule has 0 aromatic heterocycles. The summed E-state index contributed by atoms with van der Waals surface area (Å²) in [4.78, 5) is 2.48. The molecule has 2 rings (SSSR count). The maximum Gasteiger partial charge on any atom is 0.123 e. The van der Waals surface area contributed by atoms with Crippen molar-refractivity contribution in [2.45, 2.75) is 18.9 Å². The summed E-state index contributed by atoms with van der Waals surface area (Å²) in [6.45, 7) is 4.32. The van der Waals surface area contributed by atoms with Crippen LogP contribution in [0.1, 0.15) is 24.4 Å². The Bertz CT molecular complexity index is 378. The van der Waals surface area contributed by atoms with Crippen molar-refractivity contribution in [1.82, 2.24) is 4.90 Å². The molecule has 0 amide bonds. The lowest BCUT2D eigenvalue weighted by Crippen LogP contribution is -2.39. The Morgan fingerprint density at radius 3 is 2.74 bits per heavy atom. The molecule has 0 aliphatic carbocycles. The molecule has 2 N–H and O–H groups in total. The van der Waals surface area contributed by atoms with E-state index in [2.05, 4.69) is 17.0 Å². The summed E-state index contributed by atoms with van der Waals surface area (Å²) < 4.78 is 11.0. The minimum Gasteiger partial charge on any atom is -0.496 e. The molecule has 4 heteroatoms. The molecule has 1 aliphatic rings. The highest BCUT2D eigenvalue weighted by Gasteiger charge is 2.24. The van der Waals surface area contributed by atoms with Gasteiger partial charge in [-0.25, -0.2) is 0 Å². The number of methoxy groups -OCH3 is 1. The summed E-state index contributed by atoms with van der Waals surface area (Å²) in [7, 11) is 1.73. The zero-order chi connectivity index (χ0) is 13.5. The van der Waals surface area contributed by atoms with Gasteiger partial charge in [-0.3, -0.25) is 4.90 Å². The van der Waals surface area contributed by atoms with Gasteiger partial charge in [0.05, 0.1) is 20.3 Å². The van der Waals surface area contributed by atoms with E-state index in [9.17, 15) is 0 Å². The van der Waals surface area contributed by atoms with Gasteiger partial charge in [0.25, 0.3) is 0 Å². The minimum absolute atomic E-state index is 0.378. The van der Waals surface area contributed by atoms with Crippen molar-refractivity contribution in [2.24, 2.45) is 5.73 Å². The third-order valence-electron chi connectivity index (χ3n) is 3.67. The largest absolute Gasteiger partial charge is 0.496 e. The Kier molecular flexibility index (Phi) is 5.63. The van der Waals surface area contributed by atoms with Crippen molar-refractivity contribution in [3.63, 3.8) is 0 Å². The number of morpholine rings is 1. The molecule has 0 radical (unpaired) electrons. The zero-order valence-electron chi connectivity index (χ0n) is 11.7. The van der Waals surface area contributed by atoms with Gasteiger partial charge in [0, 0.05) is 24.7 Å². The second-order valence-electron chi connectivity index (χ2n) is 4.84. The topological polar surface area (TPSA) is 47.7 Å². The van der Waals surface area contributed by atoms with Crippen LogP contribution in [0.4, 0.5) is 0 Å². The smallest absolute Gasteiger partial charge is 0.123 e. The summed E-state index contributed by atoms with van der Waals surface area (Å²) in [6, 6.07) is 8.67. The summed E-state index contributed by atoms with van der Waals surface area (Å²) >= 11 is 0. The van der Waals surface area contributed by atoms with E-state index in [1.807, 2.05) is 12.1 Å². The first-order valence-corrected chi connectivity index (χ1v) is 7.01. The lowest BCUT2D eigenvalue weighted by molar-refractivity contribution is 0.0134. The number of hydrogen-bond acceptors (Lipinski definition) is 4. The predicted octanol–water partition coefficient (Wildman–Crippen LogP) is 1.81. The van der Waals surface area contributed by atoms with Crippen LogP contribution in [-0.4, -0.2) is 44.9 Å². The third kappa shape index (κ3) is 3.69. The van der Waals surface area contributed by atoms with Crippen LogP contribution in [0.15, 0.2) is 24.3 Å². The lowest BCUT2D eigenvalue weighted by atomic mass is 9.98. The highest BCUT2D eigenvalue weighted by atomic mass is 16.5. The Balaban J connectivity index is 2.19. The van der Waals surface area contributed by atoms with E-state index < -0.39 is 0 Å². The molecule has 0 saturated carbocycles. The van der Waals surface area contributed by atoms with E-state index in [0.29, 0.717) is 6.04 Å². The van der Waals surface area contributed by atoms with Gasteiger partial charge in [-0.2, -0.15) is 0 Å². The zero-order valence-corrected chi connectivity index (χ0v) is 11.7. The third-order valence-corrected chi connectivity index (χ3v) is 3.67. The monoisotopic (exact) mass is 264 g/mol. The molecule has 1 aliphatic heterocycles. The molecular formula is C15H24N2O2. The van der Waals surface area contributed by atoms with Gasteiger partial charge in [-0.1, -0.05) is 18.2 Å². The number of hydrogen-bond donors (Lipinski definition) is 1. The molecule has 4 nitrogen and oxygen atoms in total. The maximum absolute atomic E-state index is 5.68. The number of benzene rings is 1. The predicted molar refractivity (Wildman–Crippen MR) is 76.4 cm³/mol. The Morgan fingerprint density at radius 1 is 1.32 bits per heavy atom. The van der Waals surface area contributed by atoms with E-state index in [-0.39, 0.29) is 0 Å². The lowest BCUT2D eigenvalue weighted by Gasteiger charge is -2.35. The van der Waals surface area contributed by atoms with Crippen LogP contribution in [0.3, 0.4) is 0 Å². The Labute approximate surface area is 115 Å². The number of nitrogens with two attached hydrogens (primary N) is 1. The Hall–Kier alpha value is -1.10. The van der Waals surface area contributed by atoms with Crippen LogP contribution >= 0.6 is 0 Å². The van der Waals surface area contributed by atoms with E-state index in [1.165, 1.54) is 5.56 Å². The second-order valence-corrected chi connectivity index (χ2v) is 4.84. The number of nitrogens with zero attached hydrogens (tertiary/aromatic N) is 1. The van der Waals surface area contributed by atoms with Gasteiger partial charge < -0.3 is 15.2 Å². The van der Waals surface area contributed by atoms with Gasteiger partial charge in [0.15, 0.2) is 0 Å².